The highest BCUT2D eigenvalue weighted by atomic mass is 16.7. The highest BCUT2D eigenvalue weighted by Gasteiger charge is 2.58. The van der Waals surface area contributed by atoms with Crippen LogP contribution in [0.3, 0.4) is 0 Å². The van der Waals surface area contributed by atoms with E-state index in [1.807, 2.05) is 65.1 Å². The number of carbonyl (C=O) groups is 3. The predicted octanol–water partition coefficient (Wildman–Crippen LogP) is 3.94. The second-order valence-electron chi connectivity index (χ2n) is 17.2. The van der Waals surface area contributed by atoms with Gasteiger partial charge in [-0.05, 0) is 98.4 Å². The smallest absolute Gasteiger partial charge is 0.410 e. The molecule has 0 aliphatic carbocycles. The zero-order valence-corrected chi connectivity index (χ0v) is 36.0. The van der Waals surface area contributed by atoms with Crippen LogP contribution in [0.4, 0.5) is 10.5 Å². The summed E-state index contributed by atoms with van der Waals surface area (Å²) >= 11 is 0. The van der Waals surface area contributed by atoms with Gasteiger partial charge in [-0.2, -0.15) is 0 Å². The van der Waals surface area contributed by atoms with Gasteiger partial charge in [-0.25, -0.2) is 4.79 Å². The molecule has 0 bridgehead atoms. The molecule has 3 aliphatic rings. The van der Waals surface area contributed by atoms with Crippen LogP contribution in [0.5, 0.6) is 0 Å². The molecule has 3 saturated heterocycles. The van der Waals surface area contributed by atoms with Crippen molar-refractivity contribution in [2.75, 3.05) is 33.0 Å². The molecular weight excluding hydrogens is 747 g/mol. The lowest BCUT2D eigenvalue weighted by atomic mass is 9.78. The van der Waals surface area contributed by atoms with Crippen LogP contribution in [0.1, 0.15) is 87.5 Å². The zero-order valence-electron chi connectivity index (χ0n) is 36.0. The van der Waals surface area contributed by atoms with Crippen LogP contribution in [0.25, 0.3) is 11.3 Å². The number of hydrogen-bond acceptors (Lipinski definition) is 14. The number of ether oxygens (including phenoxy) is 5. The van der Waals surface area contributed by atoms with E-state index in [1.165, 1.54) is 6.92 Å². The van der Waals surface area contributed by atoms with Crippen molar-refractivity contribution >= 4 is 23.5 Å². The number of nitrogen functional groups attached to an aromatic ring is 1. The van der Waals surface area contributed by atoms with Crippen molar-refractivity contribution in [1.29, 1.82) is 0 Å². The highest BCUT2D eigenvalue weighted by molar-refractivity contribution is 6.00. The van der Waals surface area contributed by atoms with Crippen LogP contribution < -0.4 is 16.4 Å². The Hall–Kier alpha value is -3.67. The fourth-order valence-corrected chi connectivity index (χ4v) is 9.25. The monoisotopic (exact) mass is 814 g/mol. The quantitative estimate of drug-likeness (QED) is 0.110. The van der Waals surface area contributed by atoms with E-state index in [4.69, 9.17) is 29.4 Å². The van der Waals surface area contributed by atoms with E-state index in [-0.39, 0.29) is 24.1 Å². The number of nitrogens with one attached hydrogen (secondary N) is 2. The average Bonchev–Trinajstić information content (AvgIpc) is 3.77. The first-order valence-electron chi connectivity index (χ1n) is 20.9. The highest BCUT2D eigenvalue weighted by Crippen LogP contribution is 2.40. The lowest BCUT2D eigenvalue weighted by molar-refractivity contribution is -0.290. The summed E-state index contributed by atoms with van der Waals surface area (Å²) in [5.41, 5.74) is 5.95. The van der Waals surface area contributed by atoms with Crippen molar-refractivity contribution in [3.63, 3.8) is 0 Å². The molecule has 58 heavy (non-hydrogen) atoms. The molecule has 0 radical (unpaired) electrons. The molecule has 5 N–H and O–H groups in total. The van der Waals surface area contributed by atoms with Crippen molar-refractivity contribution < 1.29 is 43.2 Å². The van der Waals surface area contributed by atoms with E-state index in [0.29, 0.717) is 57.4 Å². The standard InChI is InChI=1S/C42H67N7O9/c1-11-33-42(8)36(49(40(53)58-42)18-13-12-17-48-23-32(46-47-48)29-15-14-16-30(43)20-29)28(6)45-22-24(2)21-41(7,54-10)37(26(4)34(50)27(5)38(52)56-33)57-39-35(51)31(44-9)19-25(3)55-39/h14-16,20,23-28,31,33,35-37,39,44-45,51H,11-13,17-19,21-22,43H2,1-10H3/t24-,25?,26+,27-,28-,31?,33?,35?,36-,37-,39+,41-,42-/m1/s1. The molecule has 3 fully saturated rings. The number of fused-ring (bicyclic) bond motifs is 1. The molecule has 13 atom stereocenters. The van der Waals surface area contributed by atoms with Gasteiger partial charge in [0.05, 0.1) is 30.0 Å². The maximum atomic E-state index is 14.3. The number of nitrogens with zero attached hydrogens (tertiary/aromatic N) is 4. The second kappa shape index (κ2) is 19.1. The van der Waals surface area contributed by atoms with Gasteiger partial charge in [-0.1, -0.05) is 38.1 Å². The largest absolute Gasteiger partial charge is 0.458 e. The average molecular weight is 814 g/mol. The number of aliphatic hydroxyl groups excluding tert-OH is 1. The van der Waals surface area contributed by atoms with Crippen molar-refractivity contribution in [2.45, 2.75) is 154 Å². The number of rotatable bonds is 11. The Bertz CT molecular complexity index is 1710. The number of methoxy groups -OCH3 is 1. The molecule has 324 valence electrons. The van der Waals surface area contributed by atoms with Gasteiger partial charge in [0.2, 0.25) is 0 Å². The topological polar surface area (TPSA) is 202 Å². The van der Waals surface area contributed by atoms with Crippen LogP contribution in [0.2, 0.25) is 0 Å². The molecule has 5 rings (SSSR count). The maximum Gasteiger partial charge on any atom is 0.410 e. The number of amides is 1. The molecular formula is C42H67N7O9. The van der Waals surface area contributed by atoms with Gasteiger partial charge in [-0.3, -0.25) is 19.2 Å². The number of aryl methyl sites for hydroxylation is 1. The first kappa shape index (κ1) is 45.4. The normalized spacial score (nSPS) is 36.8. The van der Waals surface area contributed by atoms with E-state index in [9.17, 15) is 19.5 Å². The molecule has 16 nitrogen and oxygen atoms in total. The van der Waals surface area contributed by atoms with Gasteiger partial charge in [-0.15, -0.1) is 5.10 Å². The van der Waals surface area contributed by atoms with Gasteiger partial charge in [0.1, 0.15) is 23.8 Å². The molecule has 4 heterocycles. The van der Waals surface area contributed by atoms with Gasteiger partial charge < -0.3 is 45.2 Å². The maximum absolute atomic E-state index is 14.3. The van der Waals surface area contributed by atoms with Crippen molar-refractivity contribution in [1.82, 2.24) is 30.5 Å². The molecule has 1 amide bonds. The minimum absolute atomic E-state index is 0.0120. The van der Waals surface area contributed by atoms with Gasteiger partial charge in [0.15, 0.2) is 17.7 Å². The fraction of sp³-hybridized carbons (Fsp3) is 0.738. The third-order valence-electron chi connectivity index (χ3n) is 12.6. The number of cyclic esters (lactones) is 1. The summed E-state index contributed by atoms with van der Waals surface area (Å²) in [4.78, 5) is 43.8. The SMILES string of the molecule is CCC1OC(=O)[C@H](C)C(=O)[C@H](C)[C@@H](O[C@@H]2OC(C)CC(NC)C2O)[C@](C)(OC)C[C@@H](C)CN[C@H](C)[C@H]2N(CCCCn3cc(-c4cccc(N)c4)nn3)C(=O)O[C@]12C. The molecule has 1 aromatic carbocycles. The van der Waals surface area contributed by atoms with Crippen LogP contribution in [-0.4, -0.2) is 130 Å². The predicted molar refractivity (Wildman–Crippen MR) is 217 cm³/mol. The molecule has 1 aromatic heterocycles. The number of benzene rings is 1. The molecule has 0 saturated carbocycles. The lowest BCUT2D eigenvalue weighted by Gasteiger charge is -2.45. The number of aliphatic hydroxyl groups is 1. The zero-order chi connectivity index (χ0) is 42.5. The molecule has 4 unspecified atom stereocenters. The third-order valence-corrected chi connectivity index (χ3v) is 12.6. The fourth-order valence-electron chi connectivity index (χ4n) is 9.25. The van der Waals surface area contributed by atoms with Crippen LogP contribution in [0.15, 0.2) is 30.5 Å². The molecule has 16 heteroatoms. The van der Waals surface area contributed by atoms with E-state index in [2.05, 4.69) is 27.9 Å². The van der Waals surface area contributed by atoms with Crippen LogP contribution in [0, 0.1) is 17.8 Å². The number of unbranched alkanes of at least 4 members (excludes halogenated alkanes) is 1. The number of hydrogen-bond donors (Lipinski definition) is 4. The number of esters is 1. The Morgan fingerprint density at radius 3 is 2.50 bits per heavy atom. The van der Waals surface area contributed by atoms with E-state index >= 15 is 0 Å². The number of likely N-dealkylation sites (N-methyl/N-ethyl adjacent to an activating group) is 1. The lowest BCUT2D eigenvalue weighted by Crippen LogP contribution is -2.61. The molecule has 3 aliphatic heterocycles. The number of anilines is 1. The Balaban J connectivity index is 1.37. The number of aromatic nitrogens is 3. The number of nitrogens with two attached hydrogens (primary N) is 1. The van der Waals surface area contributed by atoms with Crippen molar-refractivity contribution in [2.24, 2.45) is 17.8 Å². The van der Waals surface area contributed by atoms with Gasteiger partial charge in [0, 0.05) is 49.5 Å². The first-order chi connectivity index (χ1) is 27.5. The minimum Gasteiger partial charge on any atom is -0.458 e. The van der Waals surface area contributed by atoms with E-state index in [1.54, 1.807) is 30.7 Å². The Morgan fingerprint density at radius 2 is 1.83 bits per heavy atom. The van der Waals surface area contributed by atoms with Crippen molar-refractivity contribution in [3.05, 3.63) is 30.5 Å². The summed E-state index contributed by atoms with van der Waals surface area (Å²) in [5, 5.41) is 26.7. The van der Waals surface area contributed by atoms with Crippen molar-refractivity contribution in [3.8, 4) is 11.3 Å². The van der Waals surface area contributed by atoms with E-state index in [0.717, 1.165) is 11.3 Å². The minimum atomic E-state index is -1.23. The van der Waals surface area contributed by atoms with Gasteiger partial charge in [0.25, 0.3) is 0 Å². The Labute approximate surface area is 343 Å². The van der Waals surface area contributed by atoms with Gasteiger partial charge >= 0.3 is 12.1 Å². The number of Topliss-reactive ketones (excluding diaryl/α,β-unsaturated/α-hetero) is 1. The summed E-state index contributed by atoms with van der Waals surface area (Å²) in [5.74, 6) is -3.17. The van der Waals surface area contributed by atoms with E-state index < -0.39 is 71.5 Å². The second-order valence-corrected chi connectivity index (χ2v) is 17.2. The molecule has 0 spiro atoms. The Morgan fingerprint density at radius 1 is 1.10 bits per heavy atom. The summed E-state index contributed by atoms with van der Waals surface area (Å²) in [6, 6.07) is 6.40. The first-order valence-corrected chi connectivity index (χ1v) is 20.9. The summed E-state index contributed by atoms with van der Waals surface area (Å²) in [6.07, 6.45) is 0.142. The summed E-state index contributed by atoms with van der Waals surface area (Å²) in [7, 11) is 3.36. The summed E-state index contributed by atoms with van der Waals surface area (Å²) < 4.78 is 33.1. The summed E-state index contributed by atoms with van der Waals surface area (Å²) in [6.45, 7) is 16.4. The number of carbonyl (C=O) groups excluding carboxylic acids is 3. The third kappa shape index (κ3) is 9.85. The molecule has 2 aromatic rings. The Kier molecular flexibility index (Phi) is 15.0. The van der Waals surface area contributed by atoms with Crippen LogP contribution in [-0.2, 0) is 39.8 Å². The van der Waals surface area contributed by atoms with Crippen LogP contribution >= 0.6 is 0 Å². The number of ketones is 1.